The van der Waals surface area contributed by atoms with Gasteiger partial charge in [-0.25, -0.2) is 0 Å². The molecule has 2 atom stereocenters. The first-order chi connectivity index (χ1) is 10.2. The molecule has 2 aromatic carbocycles. The molecule has 4 nitrogen and oxygen atoms in total. The van der Waals surface area contributed by atoms with Crippen molar-refractivity contribution in [1.29, 1.82) is 0 Å². The first-order valence-corrected chi connectivity index (χ1v) is 7.02. The van der Waals surface area contributed by atoms with Crippen LogP contribution in [0.1, 0.15) is 30.2 Å². The Bertz CT molecular complexity index is 655. The molecule has 2 aromatic rings. The molecule has 21 heavy (non-hydrogen) atoms. The number of rotatable bonds is 4. The van der Waals surface area contributed by atoms with Gasteiger partial charge in [0.1, 0.15) is 17.9 Å². The van der Waals surface area contributed by atoms with Gasteiger partial charge in [0.2, 0.25) is 5.91 Å². The molecule has 0 aromatic heterocycles. The van der Waals surface area contributed by atoms with Crippen LogP contribution in [0.3, 0.4) is 0 Å². The molecule has 1 aliphatic heterocycles. The van der Waals surface area contributed by atoms with E-state index in [2.05, 4.69) is 10.6 Å². The van der Waals surface area contributed by atoms with E-state index in [4.69, 9.17) is 4.74 Å². The molecular weight excluding hydrogens is 264 g/mol. The van der Waals surface area contributed by atoms with Crippen molar-refractivity contribution in [2.75, 3.05) is 12.4 Å². The van der Waals surface area contributed by atoms with Crippen molar-refractivity contribution in [3.05, 3.63) is 59.7 Å². The maximum Gasteiger partial charge on any atom is 0.246 e. The SMILES string of the molecule is CNC1C(=O)Nc2cc(OC(C)c3ccccc3)ccc21. The van der Waals surface area contributed by atoms with E-state index in [1.165, 1.54) is 0 Å². The maximum absolute atomic E-state index is 11.8. The van der Waals surface area contributed by atoms with Crippen LogP contribution in [0.25, 0.3) is 0 Å². The molecule has 2 unspecified atom stereocenters. The van der Waals surface area contributed by atoms with E-state index in [-0.39, 0.29) is 18.1 Å². The van der Waals surface area contributed by atoms with Gasteiger partial charge in [0.25, 0.3) is 0 Å². The number of nitrogens with one attached hydrogen (secondary N) is 2. The van der Waals surface area contributed by atoms with Crippen LogP contribution < -0.4 is 15.4 Å². The number of hydrogen-bond acceptors (Lipinski definition) is 3. The fourth-order valence-corrected chi connectivity index (χ4v) is 2.60. The number of ether oxygens (including phenoxy) is 1. The Morgan fingerprint density at radius 2 is 1.95 bits per heavy atom. The van der Waals surface area contributed by atoms with Gasteiger partial charge in [-0.1, -0.05) is 36.4 Å². The molecular formula is C17H18N2O2. The van der Waals surface area contributed by atoms with Gasteiger partial charge < -0.3 is 15.4 Å². The number of likely N-dealkylation sites (N-methyl/N-ethyl adjacent to an activating group) is 1. The zero-order chi connectivity index (χ0) is 14.8. The second kappa shape index (κ2) is 5.58. The van der Waals surface area contributed by atoms with Gasteiger partial charge in [-0.05, 0) is 25.6 Å². The van der Waals surface area contributed by atoms with Gasteiger partial charge >= 0.3 is 0 Å². The van der Waals surface area contributed by atoms with Crippen molar-refractivity contribution in [2.45, 2.75) is 19.1 Å². The standard InChI is InChI=1S/C17H18N2O2/c1-11(12-6-4-3-5-7-12)21-13-8-9-14-15(10-13)19-17(20)16(14)18-2/h3-11,16,18H,1-2H3,(H,19,20). The van der Waals surface area contributed by atoms with Crippen LogP contribution in [0.5, 0.6) is 5.75 Å². The quantitative estimate of drug-likeness (QED) is 0.906. The third-order valence-electron chi connectivity index (χ3n) is 3.73. The minimum absolute atomic E-state index is 0.0271. The minimum atomic E-state index is -0.277. The van der Waals surface area contributed by atoms with Crippen LogP contribution in [-0.2, 0) is 4.79 Å². The Kier molecular flexibility index (Phi) is 3.62. The molecule has 1 amide bonds. The van der Waals surface area contributed by atoms with Crippen molar-refractivity contribution >= 4 is 11.6 Å². The molecule has 0 saturated carbocycles. The molecule has 0 radical (unpaired) electrons. The summed E-state index contributed by atoms with van der Waals surface area (Å²) in [6.45, 7) is 2.01. The smallest absolute Gasteiger partial charge is 0.246 e. The number of carbonyl (C=O) groups excluding carboxylic acids is 1. The van der Waals surface area contributed by atoms with Gasteiger partial charge in [0.15, 0.2) is 0 Å². The highest BCUT2D eigenvalue weighted by Crippen LogP contribution is 2.34. The lowest BCUT2D eigenvalue weighted by molar-refractivity contribution is -0.117. The highest BCUT2D eigenvalue weighted by Gasteiger charge is 2.29. The van der Waals surface area contributed by atoms with E-state index in [1.54, 1.807) is 7.05 Å². The third kappa shape index (κ3) is 2.62. The summed E-state index contributed by atoms with van der Waals surface area (Å²) in [4.78, 5) is 11.8. The number of fused-ring (bicyclic) bond motifs is 1. The number of amides is 1. The van der Waals surface area contributed by atoms with Crippen molar-refractivity contribution in [3.63, 3.8) is 0 Å². The van der Waals surface area contributed by atoms with Gasteiger partial charge in [-0.2, -0.15) is 0 Å². The lowest BCUT2D eigenvalue weighted by Crippen LogP contribution is -2.23. The van der Waals surface area contributed by atoms with Gasteiger partial charge in [0.05, 0.1) is 0 Å². The van der Waals surface area contributed by atoms with Gasteiger partial charge in [0, 0.05) is 17.3 Å². The number of carbonyl (C=O) groups is 1. The molecule has 108 valence electrons. The maximum atomic E-state index is 11.8. The molecule has 3 rings (SSSR count). The third-order valence-corrected chi connectivity index (χ3v) is 3.73. The fraction of sp³-hybridized carbons (Fsp3) is 0.235. The largest absolute Gasteiger partial charge is 0.486 e. The first-order valence-electron chi connectivity index (χ1n) is 7.02. The zero-order valence-corrected chi connectivity index (χ0v) is 12.1. The Labute approximate surface area is 124 Å². The molecule has 0 spiro atoms. The Morgan fingerprint density at radius 3 is 2.67 bits per heavy atom. The summed E-state index contributed by atoms with van der Waals surface area (Å²) >= 11 is 0. The van der Waals surface area contributed by atoms with E-state index in [0.29, 0.717) is 0 Å². The molecule has 2 N–H and O–H groups in total. The highest BCUT2D eigenvalue weighted by atomic mass is 16.5. The van der Waals surface area contributed by atoms with Crippen LogP contribution >= 0.6 is 0 Å². The molecule has 1 heterocycles. The van der Waals surface area contributed by atoms with Crippen molar-refractivity contribution in [3.8, 4) is 5.75 Å². The van der Waals surface area contributed by atoms with Crippen LogP contribution in [0.15, 0.2) is 48.5 Å². The van der Waals surface area contributed by atoms with Gasteiger partial charge in [-0.15, -0.1) is 0 Å². The molecule has 0 aliphatic carbocycles. The second-order valence-electron chi connectivity index (χ2n) is 5.13. The number of anilines is 1. The monoisotopic (exact) mass is 282 g/mol. The van der Waals surface area contributed by atoms with E-state index in [9.17, 15) is 4.79 Å². The molecule has 1 aliphatic rings. The van der Waals surface area contributed by atoms with E-state index in [0.717, 1.165) is 22.6 Å². The van der Waals surface area contributed by atoms with Crippen LogP contribution in [0.4, 0.5) is 5.69 Å². The molecule has 0 fully saturated rings. The Hall–Kier alpha value is -2.33. The molecule has 0 bridgehead atoms. The van der Waals surface area contributed by atoms with Crippen LogP contribution in [-0.4, -0.2) is 13.0 Å². The predicted octanol–water partition coefficient (Wildman–Crippen LogP) is 3.04. The summed E-state index contributed by atoms with van der Waals surface area (Å²) in [5, 5.41) is 5.87. The Balaban J connectivity index is 1.80. The van der Waals surface area contributed by atoms with Crippen LogP contribution in [0.2, 0.25) is 0 Å². The van der Waals surface area contributed by atoms with Crippen molar-refractivity contribution in [2.24, 2.45) is 0 Å². The summed E-state index contributed by atoms with van der Waals surface area (Å²) in [5.41, 5.74) is 2.90. The average molecular weight is 282 g/mol. The van der Waals surface area contributed by atoms with Crippen LogP contribution in [0, 0.1) is 0 Å². The van der Waals surface area contributed by atoms with E-state index >= 15 is 0 Å². The van der Waals surface area contributed by atoms with E-state index < -0.39 is 0 Å². The lowest BCUT2D eigenvalue weighted by Gasteiger charge is -2.16. The molecule has 4 heteroatoms. The van der Waals surface area contributed by atoms with E-state index in [1.807, 2.05) is 55.5 Å². The minimum Gasteiger partial charge on any atom is -0.486 e. The normalized spacial score (nSPS) is 18.0. The zero-order valence-electron chi connectivity index (χ0n) is 12.1. The molecule has 0 saturated heterocycles. The second-order valence-corrected chi connectivity index (χ2v) is 5.13. The van der Waals surface area contributed by atoms with Crippen molar-refractivity contribution in [1.82, 2.24) is 5.32 Å². The first kappa shape index (κ1) is 13.6. The lowest BCUT2D eigenvalue weighted by atomic mass is 10.1. The van der Waals surface area contributed by atoms with Crippen molar-refractivity contribution < 1.29 is 9.53 Å². The Morgan fingerprint density at radius 1 is 1.19 bits per heavy atom. The average Bonchev–Trinajstić information content (AvgIpc) is 2.82. The summed E-state index contributed by atoms with van der Waals surface area (Å²) in [6, 6.07) is 15.5. The van der Waals surface area contributed by atoms with Gasteiger partial charge in [-0.3, -0.25) is 4.79 Å². The summed E-state index contributed by atoms with van der Waals surface area (Å²) < 4.78 is 5.96. The highest BCUT2D eigenvalue weighted by molar-refractivity contribution is 6.02. The summed E-state index contributed by atoms with van der Waals surface area (Å²) in [5.74, 6) is 0.725. The topological polar surface area (TPSA) is 50.4 Å². The number of hydrogen-bond donors (Lipinski definition) is 2. The summed E-state index contributed by atoms with van der Waals surface area (Å²) in [6.07, 6.45) is -0.0403. The number of benzene rings is 2. The fourth-order valence-electron chi connectivity index (χ4n) is 2.60. The summed E-state index contributed by atoms with van der Waals surface area (Å²) in [7, 11) is 1.78. The predicted molar refractivity (Wildman–Crippen MR) is 82.4 cm³/mol.